The van der Waals surface area contributed by atoms with Crippen molar-refractivity contribution in [3.8, 4) is 0 Å². The molecule has 1 heterocycles. The molecule has 3 saturated carbocycles. The molecule has 0 radical (unpaired) electrons. The summed E-state index contributed by atoms with van der Waals surface area (Å²) in [6.07, 6.45) is 3.89. The number of rotatable bonds is 3. The number of hydrogen-bond donors (Lipinski definition) is 2. The Morgan fingerprint density at radius 3 is 2.67 bits per heavy atom. The van der Waals surface area contributed by atoms with Gasteiger partial charge in [-0.25, -0.2) is 9.78 Å². The number of carbonyl (C=O) groups is 1. The molecule has 0 unspecified atom stereocenters. The number of halogens is 1. The third kappa shape index (κ3) is 1.57. The highest BCUT2D eigenvalue weighted by molar-refractivity contribution is 14.1. The highest BCUT2D eigenvalue weighted by Crippen LogP contribution is 2.65. The summed E-state index contributed by atoms with van der Waals surface area (Å²) in [4.78, 5) is 15.3. The predicted octanol–water partition coefficient (Wildman–Crippen LogP) is 2.51. The topological polar surface area (TPSA) is 67.2 Å². The van der Waals surface area contributed by atoms with Gasteiger partial charge in [-0.1, -0.05) is 13.8 Å². The van der Waals surface area contributed by atoms with Crippen molar-refractivity contribution in [1.82, 2.24) is 14.9 Å². The number of amides is 1. The van der Waals surface area contributed by atoms with Crippen LogP contribution in [0.3, 0.4) is 0 Å². The van der Waals surface area contributed by atoms with Crippen LogP contribution in [-0.2, 0) is 5.54 Å². The molecule has 98 valence electrons. The van der Waals surface area contributed by atoms with Gasteiger partial charge >= 0.3 is 6.09 Å². The highest BCUT2D eigenvalue weighted by Gasteiger charge is 2.70. The molecule has 6 heteroatoms. The zero-order valence-electron chi connectivity index (χ0n) is 10.4. The predicted molar refractivity (Wildman–Crippen MR) is 74.7 cm³/mol. The van der Waals surface area contributed by atoms with E-state index in [-0.39, 0.29) is 11.1 Å². The quantitative estimate of drug-likeness (QED) is 0.813. The molecule has 1 amide bonds. The summed E-state index contributed by atoms with van der Waals surface area (Å²) in [5.74, 6) is 1.51. The van der Waals surface area contributed by atoms with Crippen LogP contribution in [0.4, 0.5) is 4.79 Å². The molecule has 4 rings (SSSR count). The lowest BCUT2D eigenvalue weighted by Gasteiger charge is -2.70. The Balaban J connectivity index is 1.82. The third-order valence-corrected chi connectivity index (χ3v) is 4.63. The molecule has 1 aromatic heterocycles. The maximum absolute atomic E-state index is 10.7. The van der Waals surface area contributed by atoms with Crippen LogP contribution < -0.4 is 5.32 Å². The van der Waals surface area contributed by atoms with Crippen molar-refractivity contribution in [3.63, 3.8) is 0 Å². The fourth-order valence-electron chi connectivity index (χ4n) is 3.50. The number of nitrogens with one attached hydrogen (secondary N) is 1. The molecule has 3 aliphatic carbocycles. The van der Waals surface area contributed by atoms with Gasteiger partial charge in [-0.05, 0) is 41.9 Å². The second kappa shape index (κ2) is 3.61. The van der Waals surface area contributed by atoms with Gasteiger partial charge in [0.2, 0.25) is 0 Å². The van der Waals surface area contributed by atoms with Gasteiger partial charge in [0.15, 0.2) is 0 Å². The van der Waals surface area contributed by atoms with Crippen LogP contribution in [0.2, 0.25) is 0 Å². The van der Waals surface area contributed by atoms with Crippen molar-refractivity contribution in [1.29, 1.82) is 0 Å². The van der Waals surface area contributed by atoms with Crippen molar-refractivity contribution >= 4 is 28.7 Å². The molecule has 1 aromatic rings. The zero-order valence-corrected chi connectivity index (χ0v) is 12.6. The Kier molecular flexibility index (Phi) is 2.46. The van der Waals surface area contributed by atoms with Gasteiger partial charge in [-0.3, -0.25) is 0 Å². The van der Waals surface area contributed by atoms with E-state index in [0.29, 0.717) is 5.92 Å². The smallest absolute Gasteiger partial charge is 0.405 e. The average Bonchev–Trinajstić information content (AvgIpc) is 2.51. The summed E-state index contributed by atoms with van der Waals surface area (Å²) in [5, 5.41) is 11.5. The lowest BCUT2D eigenvalue weighted by molar-refractivity contribution is -0.134. The van der Waals surface area contributed by atoms with Crippen LogP contribution in [0.25, 0.3) is 0 Å². The number of aromatic nitrogens is 2. The van der Waals surface area contributed by atoms with E-state index in [1.54, 1.807) is 0 Å². The minimum absolute atomic E-state index is 0.123. The van der Waals surface area contributed by atoms with Crippen molar-refractivity contribution < 1.29 is 9.90 Å². The van der Waals surface area contributed by atoms with Crippen LogP contribution in [0.15, 0.2) is 6.20 Å². The molecule has 5 nitrogen and oxygen atoms in total. The van der Waals surface area contributed by atoms with Gasteiger partial charge in [0.25, 0.3) is 0 Å². The van der Waals surface area contributed by atoms with E-state index in [2.05, 4.69) is 57.5 Å². The Morgan fingerprint density at radius 1 is 1.56 bits per heavy atom. The van der Waals surface area contributed by atoms with E-state index in [4.69, 9.17) is 5.11 Å². The number of imidazole rings is 1. The first-order valence-electron chi connectivity index (χ1n) is 6.12. The zero-order chi connectivity index (χ0) is 13.1. The minimum atomic E-state index is -0.910. The van der Waals surface area contributed by atoms with Crippen molar-refractivity contribution in [2.75, 3.05) is 0 Å². The van der Waals surface area contributed by atoms with Gasteiger partial charge in [-0.2, -0.15) is 0 Å². The van der Waals surface area contributed by atoms with Crippen molar-refractivity contribution in [2.24, 2.45) is 0 Å². The van der Waals surface area contributed by atoms with Crippen LogP contribution in [0, 0.1) is 3.70 Å². The number of carboxylic acid groups (broad SMARTS) is 1. The molecule has 0 atom stereocenters. The van der Waals surface area contributed by atoms with Gasteiger partial charge in [0, 0.05) is 12.1 Å². The number of hydrogen-bond acceptors (Lipinski definition) is 2. The first-order valence-corrected chi connectivity index (χ1v) is 7.20. The highest BCUT2D eigenvalue weighted by atomic mass is 127. The fraction of sp³-hybridized carbons (Fsp3) is 0.667. The summed E-state index contributed by atoms with van der Waals surface area (Å²) in [7, 11) is 0. The standard InChI is InChI=1S/C12H16IN3O2/c1-7(2)9-14-8(13)3-16(9)12-4-11(5-12,6-12)15-10(17)18/h3,7,15H,4-6H2,1-2H3,(H,17,18). The van der Waals surface area contributed by atoms with Gasteiger partial charge < -0.3 is 15.0 Å². The monoisotopic (exact) mass is 361 g/mol. The van der Waals surface area contributed by atoms with E-state index < -0.39 is 6.09 Å². The molecular formula is C12H16IN3O2. The molecule has 0 aliphatic heterocycles. The molecule has 3 aliphatic rings. The van der Waals surface area contributed by atoms with E-state index in [9.17, 15) is 4.79 Å². The van der Waals surface area contributed by atoms with Crippen LogP contribution in [0.1, 0.15) is 44.9 Å². The van der Waals surface area contributed by atoms with E-state index in [1.165, 1.54) is 0 Å². The summed E-state index contributed by atoms with van der Waals surface area (Å²) in [5.41, 5.74) is -0.0335. The molecule has 0 spiro atoms. The summed E-state index contributed by atoms with van der Waals surface area (Å²) < 4.78 is 3.30. The Labute approximate surface area is 119 Å². The maximum Gasteiger partial charge on any atom is 0.405 e. The third-order valence-electron chi connectivity index (χ3n) is 4.11. The van der Waals surface area contributed by atoms with Gasteiger partial charge in [0.1, 0.15) is 9.53 Å². The van der Waals surface area contributed by atoms with Crippen molar-refractivity contribution in [3.05, 3.63) is 15.7 Å². The lowest BCUT2D eigenvalue weighted by atomic mass is 9.44. The van der Waals surface area contributed by atoms with Crippen LogP contribution in [0.5, 0.6) is 0 Å². The Morgan fingerprint density at radius 2 is 2.17 bits per heavy atom. The fourth-order valence-corrected chi connectivity index (χ4v) is 4.03. The maximum atomic E-state index is 10.7. The van der Waals surface area contributed by atoms with E-state index in [1.807, 2.05) is 0 Å². The van der Waals surface area contributed by atoms with E-state index in [0.717, 1.165) is 28.8 Å². The van der Waals surface area contributed by atoms with E-state index >= 15 is 0 Å². The average molecular weight is 361 g/mol. The molecule has 0 saturated heterocycles. The molecule has 18 heavy (non-hydrogen) atoms. The second-order valence-corrected chi connectivity index (χ2v) is 7.02. The normalized spacial score (nSPS) is 32.9. The largest absolute Gasteiger partial charge is 0.465 e. The lowest BCUT2D eigenvalue weighted by Crippen LogP contribution is -2.78. The van der Waals surface area contributed by atoms with Gasteiger partial charge in [0.05, 0.1) is 11.1 Å². The molecule has 3 fully saturated rings. The Hall–Kier alpha value is -0.790. The second-order valence-electron chi connectivity index (χ2n) is 5.91. The Bertz CT molecular complexity index is 504. The van der Waals surface area contributed by atoms with Gasteiger partial charge in [-0.15, -0.1) is 0 Å². The van der Waals surface area contributed by atoms with Crippen molar-refractivity contribution in [2.45, 2.75) is 50.1 Å². The first-order chi connectivity index (χ1) is 8.36. The number of nitrogens with zero attached hydrogens (tertiary/aromatic N) is 2. The first kappa shape index (κ1) is 12.3. The summed E-state index contributed by atoms with van der Waals surface area (Å²) in [6, 6.07) is 0. The van der Waals surface area contributed by atoms with Crippen LogP contribution in [-0.4, -0.2) is 26.3 Å². The summed E-state index contributed by atoms with van der Waals surface area (Å²) in [6.45, 7) is 4.29. The van der Waals surface area contributed by atoms with Crippen LogP contribution >= 0.6 is 22.6 Å². The SMILES string of the molecule is CC(C)c1nc(I)cn1C12CC(NC(=O)O)(C1)C2. The molecule has 2 N–H and O–H groups in total. The molecule has 2 bridgehead atoms. The molecule has 0 aromatic carbocycles. The molecular weight excluding hydrogens is 345 g/mol. The minimum Gasteiger partial charge on any atom is -0.465 e. The summed E-state index contributed by atoms with van der Waals surface area (Å²) >= 11 is 2.24.